The summed E-state index contributed by atoms with van der Waals surface area (Å²) in [5.41, 5.74) is -2.15. The van der Waals surface area contributed by atoms with Gasteiger partial charge in [-0.05, 0) is 87.6 Å². The van der Waals surface area contributed by atoms with Crippen LogP contribution in [0.3, 0.4) is 0 Å². The van der Waals surface area contributed by atoms with Gasteiger partial charge in [-0.1, -0.05) is 20.8 Å². The maximum Gasteiger partial charge on any atom is 0.408 e. The van der Waals surface area contributed by atoms with Gasteiger partial charge in [0.15, 0.2) is 11.9 Å². The SMILES string of the molecule is CC[C@H]1OC(=O)CC(=O)[C@H](C)[C@@H](O[C@@H]2O[C@H]([C@H](C)N(C)C)CC(N(C)C)[C@H]2O)[C@](C)(OC)C[C@@H](C)CN[C@H](C)[C@H]2NC(=O)O[C@@]21C. The molecule has 0 spiro atoms. The predicted octanol–water partition coefficient (Wildman–Crippen LogP) is 1.94. The second-order valence-corrected chi connectivity index (χ2v) is 14.6. The molecule has 0 aromatic rings. The van der Waals surface area contributed by atoms with E-state index in [1.54, 1.807) is 21.0 Å². The molecule has 3 N–H and O–H groups in total. The number of esters is 1. The van der Waals surface area contributed by atoms with Gasteiger partial charge in [0, 0.05) is 31.2 Å². The van der Waals surface area contributed by atoms with Crippen molar-refractivity contribution in [1.29, 1.82) is 0 Å². The molecule has 3 fully saturated rings. The number of nitrogens with one attached hydrogen (secondary N) is 2. The molecule has 3 aliphatic rings. The number of carbonyl (C=O) groups is 3. The number of amides is 1. The summed E-state index contributed by atoms with van der Waals surface area (Å²) in [5.74, 6) is -1.90. The molecule has 0 aromatic carbocycles. The summed E-state index contributed by atoms with van der Waals surface area (Å²) in [4.78, 5) is 43.6. The average molecular weight is 657 g/mol. The van der Waals surface area contributed by atoms with E-state index >= 15 is 0 Å². The minimum atomic E-state index is -1.14. The number of cyclic esters (lactones) is 1. The highest BCUT2D eigenvalue weighted by molar-refractivity contribution is 5.97. The maximum absolute atomic E-state index is 13.9. The predicted molar refractivity (Wildman–Crippen MR) is 172 cm³/mol. The Hall–Kier alpha value is -1.87. The lowest BCUT2D eigenvalue weighted by Gasteiger charge is -2.48. The van der Waals surface area contributed by atoms with Crippen LogP contribution in [0.5, 0.6) is 0 Å². The Morgan fingerprint density at radius 2 is 1.76 bits per heavy atom. The standard InChI is InChI=1S/C33H60N4O9/c1-13-25-33(7)28(35-31(41)46-33)20(4)34-17-18(2)16-32(6,42-12)29(19(3)23(38)15-26(39)44-25)45-30-27(40)22(37(10)11)14-24(43-30)21(5)36(8)9/h18-22,24-25,27-30,34,40H,13-17H2,1-12H3,(H,35,41)/t18-,19+,20-,21+,22?,24+,25-,27-,28-,29-,30+,32-,33-/m1/s1. The highest BCUT2D eigenvalue weighted by Gasteiger charge is 2.55. The Labute approximate surface area is 275 Å². The zero-order valence-electron chi connectivity index (χ0n) is 30.0. The van der Waals surface area contributed by atoms with E-state index in [0.717, 1.165) is 0 Å². The van der Waals surface area contributed by atoms with E-state index in [1.807, 2.05) is 53.9 Å². The molecule has 3 aliphatic heterocycles. The lowest BCUT2D eigenvalue weighted by molar-refractivity contribution is -0.302. The first-order valence-electron chi connectivity index (χ1n) is 16.7. The van der Waals surface area contributed by atoms with Crippen molar-refractivity contribution in [2.24, 2.45) is 11.8 Å². The fraction of sp³-hybridized carbons (Fsp3) is 0.909. The van der Waals surface area contributed by atoms with Crippen molar-refractivity contribution in [2.45, 2.75) is 140 Å². The third-order valence-electron chi connectivity index (χ3n) is 10.6. The van der Waals surface area contributed by atoms with Gasteiger partial charge in [-0.15, -0.1) is 0 Å². The molecule has 3 saturated heterocycles. The average Bonchev–Trinajstić information content (AvgIpc) is 3.30. The second-order valence-electron chi connectivity index (χ2n) is 14.6. The first-order valence-corrected chi connectivity index (χ1v) is 16.7. The molecule has 3 heterocycles. The van der Waals surface area contributed by atoms with Crippen LogP contribution in [0.25, 0.3) is 0 Å². The van der Waals surface area contributed by atoms with Crippen LogP contribution in [0, 0.1) is 11.8 Å². The zero-order chi connectivity index (χ0) is 34.7. The van der Waals surface area contributed by atoms with Gasteiger partial charge in [-0.25, -0.2) is 4.79 Å². The number of nitrogens with zero attached hydrogens (tertiary/aromatic N) is 2. The first-order chi connectivity index (χ1) is 21.4. The zero-order valence-corrected chi connectivity index (χ0v) is 30.0. The van der Waals surface area contributed by atoms with Gasteiger partial charge in [0.1, 0.15) is 24.4 Å². The molecule has 266 valence electrons. The largest absolute Gasteiger partial charge is 0.458 e. The van der Waals surface area contributed by atoms with Gasteiger partial charge >= 0.3 is 12.1 Å². The summed E-state index contributed by atoms with van der Waals surface area (Å²) in [6.07, 6.45) is -3.55. The minimum absolute atomic E-state index is 0.0308. The second kappa shape index (κ2) is 15.6. The Morgan fingerprint density at radius 1 is 1.11 bits per heavy atom. The monoisotopic (exact) mass is 656 g/mol. The van der Waals surface area contributed by atoms with E-state index in [0.29, 0.717) is 25.8 Å². The number of hydrogen-bond donors (Lipinski definition) is 3. The molecule has 1 unspecified atom stereocenters. The van der Waals surface area contributed by atoms with Crippen LogP contribution < -0.4 is 10.6 Å². The molecule has 13 heteroatoms. The van der Waals surface area contributed by atoms with Crippen molar-refractivity contribution in [1.82, 2.24) is 20.4 Å². The minimum Gasteiger partial charge on any atom is -0.458 e. The number of rotatable bonds is 7. The number of fused-ring (bicyclic) bond motifs is 1. The number of methoxy groups -OCH3 is 1. The Kier molecular flexibility index (Phi) is 13.1. The topological polar surface area (TPSA) is 148 Å². The van der Waals surface area contributed by atoms with Gasteiger partial charge in [-0.2, -0.15) is 0 Å². The van der Waals surface area contributed by atoms with E-state index in [4.69, 9.17) is 23.7 Å². The molecule has 13 atom stereocenters. The Balaban J connectivity index is 2.00. The quantitative estimate of drug-likeness (QED) is 0.272. The van der Waals surface area contributed by atoms with Crippen molar-refractivity contribution >= 4 is 17.8 Å². The highest BCUT2D eigenvalue weighted by Crippen LogP contribution is 2.37. The summed E-state index contributed by atoms with van der Waals surface area (Å²) in [5, 5.41) is 17.9. The number of aliphatic hydroxyl groups excluding tert-OH is 1. The normalized spacial score (nSPS) is 42.5. The highest BCUT2D eigenvalue weighted by atomic mass is 16.7. The van der Waals surface area contributed by atoms with E-state index in [-0.39, 0.29) is 30.1 Å². The lowest BCUT2D eigenvalue weighted by atomic mass is 9.80. The Morgan fingerprint density at radius 3 is 2.33 bits per heavy atom. The van der Waals surface area contributed by atoms with Crippen LogP contribution in [0.2, 0.25) is 0 Å². The number of alkyl carbamates (subject to hydrolysis) is 1. The van der Waals surface area contributed by atoms with Crippen LogP contribution >= 0.6 is 0 Å². The number of likely N-dealkylation sites (N-methyl/N-ethyl adjacent to an activating group) is 2. The fourth-order valence-electron chi connectivity index (χ4n) is 7.39. The molecule has 0 aliphatic carbocycles. The number of Topliss-reactive ketones (excluding diaryl/α,β-unsaturated/α-hetero) is 1. The fourth-order valence-corrected chi connectivity index (χ4v) is 7.39. The first kappa shape index (κ1) is 38.6. The van der Waals surface area contributed by atoms with E-state index in [9.17, 15) is 19.5 Å². The van der Waals surface area contributed by atoms with E-state index < -0.39 is 72.0 Å². The van der Waals surface area contributed by atoms with Crippen molar-refractivity contribution in [3.8, 4) is 0 Å². The summed E-state index contributed by atoms with van der Waals surface area (Å²) in [7, 11) is 9.37. The number of ether oxygens (including phenoxy) is 5. The van der Waals surface area contributed by atoms with Gasteiger partial charge in [-0.3, -0.25) is 9.59 Å². The number of hydrogen-bond acceptors (Lipinski definition) is 12. The molecule has 13 nitrogen and oxygen atoms in total. The van der Waals surface area contributed by atoms with Crippen molar-refractivity contribution in [3.05, 3.63) is 0 Å². The van der Waals surface area contributed by atoms with Crippen molar-refractivity contribution in [3.63, 3.8) is 0 Å². The van der Waals surface area contributed by atoms with Crippen LogP contribution in [-0.2, 0) is 33.3 Å². The third kappa shape index (κ3) is 8.40. The van der Waals surface area contributed by atoms with E-state index in [2.05, 4.69) is 29.4 Å². The number of carbonyl (C=O) groups excluding carboxylic acids is 3. The maximum atomic E-state index is 13.9. The number of aliphatic hydroxyl groups is 1. The summed E-state index contributed by atoms with van der Waals surface area (Å²) < 4.78 is 30.9. The number of ketones is 1. The molecule has 3 rings (SSSR count). The molecule has 0 radical (unpaired) electrons. The lowest BCUT2D eigenvalue weighted by Crippen LogP contribution is -2.61. The molecular weight excluding hydrogens is 596 g/mol. The molecular formula is C33H60N4O9. The van der Waals surface area contributed by atoms with Gasteiger partial charge < -0.3 is 49.2 Å². The summed E-state index contributed by atoms with van der Waals surface area (Å²) in [6, 6.07) is -0.933. The third-order valence-corrected chi connectivity index (χ3v) is 10.6. The molecule has 1 amide bonds. The molecule has 0 bridgehead atoms. The molecule has 46 heavy (non-hydrogen) atoms. The van der Waals surface area contributed by atoms with Crippen LogP contribution in [0.1, 0.15) is 74.1 Å². The van der Waals surface area contributed by atoms with Crippen molar-refractivity contribution < 1.29 is 43.2 Å². The van der Waals surface area contributed by atoms with Crippen LogP contribution in [0.4, 0.5) is 4.79 Å². The smallest absolute Gasteiger partial charge is 0.408 e. The van der Waals surface area contributed by atoms with E-state index in [1.165, 1.54) is 0 Å². The Bertz CT molecular complexity index is 1060. The van der Waals surface area contributed by atoms with Crippen LogP contribution in [-0.4, -0.2) is 141 Å². The van der Waals surface area contributed by atoms with Gasteiger partial charge in [0.25, 0.3) is 0 Å². The molecule has 0 aromatic heterocycles. The molecule has 0 saturated carbocycles. The summed E-state index contributed by atoms with van der Waals surface area (Å²) in [6.45, 7) is 13.9. The van der Waals surface area contributed by atoms with Gasteiger partial charge in [0.05, 0.1) is 23.9 Å². The van der Waals surface area contributed by atoms with Crippen molar-refractivity contribution in [2.75, 3.05) is 41.8 Å². The summed E-state index contributed by atoms with van der Waals surface area (Å²) >= 11 is 0. The van der Waals surface area contributed by atoms with Gasteiger partial charge in [0.2, 0.25) is 0 Å². The van der Waals surface area contributed by atoms with Crippen LogP contribution in [0.15, 0.2) is 0 Å².